The maximum Gasteiger partial charge on any atom is 0 e. The van der Waals surface area contributed by atoms with Gasteiger partial charge in [-0.15, -0.1) is 34.9 Å². The summed E-state index contributed by atoms with van der Waals surface area (Å²) >= 11 is 0. The Balaban J connectivity index is -0.000000215. The minimum Gasteiger partial charge on any atom is -0.358 e. The van der Waals surface area contributed by atoms with Crippen molar-refractivity contribution >= 4 is 0 Å². The van der Waals surface area contributed by atoms with E-state index in [0.717, 1.165) is 0 Å². The summed E-state index contributed by atoms with van der Waals surface area (Å²) in [4.78, 5) is 0. The van der Waals surface area contributed by atoms with Gasteiger partial charge in [-0.05, 0) is 6.92 Å². The van der Waals surface area contributed by atoms with Crippen molar-refractivity contribution in [2.45, 2.75) is 48.5 Å². The molecule has 0 aliphatic carbocycles. The Hall–Kier alpha value is 0.232. The predicted molar refractivity (Wildman–Crippen MR) is 94.0 cm³/mol. The molecule has 0 unspecified atom stereocenters. The van der Waals surface area contributed by atoms with E-state index in [-0.39, 0.29) is 61.2 Å². The summed E-state index contributed by atoms with van der Waals surface area (Å²) in [5, 5.41) is 0. The molecule has 0 bridgehead atoms. The van der Waals surface area contributed by atoms with Gasteiger partial charge in [0, 0.05) is 53.8 Å². The molecule has 0 heterocycles. The molecule has 0 amide bonds. The van der Waals surface area contributed by atoms with Crippen molar-refractivity contribution in [1.82, 2.24) is 0 Å². The van der Waals surface area contributed by atoms with Gasteiger partial charge < -0.3 is 7.43 Å². The smallest absolute Gasteiger partial charge is 0 e. The molecule has 2 heteroatoms. The van der Waals surface area contributed by atoms with Crippen molar-refractivity contribution in [1.29, 1.82) is 0 Å². The molecule has 0 atom stereocenters. The number of benzene rings is 2. The average molecular weight is 543 g/mol. The summed E-state index contributed by atoms with van der Waals surface area (Å²) < 4.78 is 0. The van der Waals surface area contributed by atoms with Crippen LogP contribution < -0.4 is 0 Å². The number of hydrogen-bond acceptors (Lipinski definition) is 0. The summed E-state index contributed by atoms with van der Waals surface area (Å²) in [7, 11) is 0. The molecule has 0 spiro atoms. The molecule has 2 aromatic carbocycles. The molecule has 121 valence electrons. The molecule has 0 N–H and O–H groups in total. The van der Waals surface area contributed by atoms with E-state index in [4.69, 9.17) is 0 Å². The van der Waals surface area contributed by atoms with E-state index in [2.05, 4.69) is 63.2 Å². The monoisotopic (exact) mass is 543 g/mol. The largest absolute Gasteiger partial charge is 0.358 e. The number of hydrogen-bond donors (Lipinski definition) is 0. The van der Waals surface area contributed by atoms with Crippen LogP contribution in [0, 0.1) is 34.3 Å². The van der Waals surface area contributed by atoms with Crippen molar-refractivity contribution in [3.8, 4) is 11.1 Å². The molecule has 0 nitrogen and oxygen atoms in total. The van der Waals surface area contributed by atoms with Crippen LogP contribution in [0.2, 0.25) is 0 Å². The fourth-order valence-electron chi connectivity index (χ4n) is 1.58. The van der Waals surface area contributed by atoms with E-state index in [1.165, 1.54) is 27.8 Å². The molecule has 0 aliphatic rings. The molecule has 22 heavy (non-hydrogen) atoms. The van der Waals surface area contributed by atoms with Gasteiger partial charge in [0.05, 0.1) is 0 Å². The Bertz CT molecular complexity index is 476. The van der Waals surface area contributed by atoms with Gasteiger partial charge in [-0.3, -0.25) is 0 Å². The summed E-state index contributed by atoms with van der Waals surface area (Å²) in [6.07, 6.45) is 0. The minimum absolute atomic E-state index is 0. The Morgan fingerprint density at radius 3 is 1.59 bits per heavy atom. The average Bonchev–Trinajstić information content (AvgIpc) is 2.47. The SMILES string of the molecule is CC.CC.Cc1ccc(-c2[c-]c(C)c(C)cc2)cc1.[CH3-].[W].[Y]. The maximum absolute atomic E-state index is 3.41. The van der Waals surface area contributed by atoms with Crippen LogP contribution in [0.3, 0.4) is 0 Å². The molecule has 1 radical (unpaired) electrons. The zero-order valence-corrected chi connectivity index (χ0v) is 21.2. The fourth-order valence-corrected chi connectivity index (χ4v) is 1.58. The summed E-state index contributed by atoms with van der Waals surface area (Å²) in [5.41, 5.74) is 6.24. The normalized spacial score (nSPS) is 7.59. The van der Waals surface area contributed by atoms with E-state index in [1.54, 1.807) is 0 Å². The second-order valence-corrected chi connectivity index (χ2v) is 4.05. The van der Waals surface area contributed by atoms with Gasteiger partial charge in [-0.2, -0.15) is 0 Å². The first-order chi connectivity index (χ1) is 9.16. The molecule has 0 fully saturated rings. The van der Waals surface area contributed by atoms with Crippen LogP contribution in [0.25, 0.3) is 11.1 Å². The van der Waals surface area contributed by atoms with Crippen LogP contribution in [0.1, 0.15) is 44.4 Å². The second kappa shape index (κ2) is 17.6. The summed E-state index contributed by atoms with van der Waals surface area (Å²) in [5.74, 6) is 0. The standard InChI is InChI=1S/C15H15.2C2H6.CH3.W.Y/c1-11-4-7-14(8-5-11)15-9-6-12(2)13(3)10-15;2*1-2;;;/h4-9H,1-3H3;2*1-2H3;1H3;;/q-1;;;-1;;. The Kier molecular flexibility index (Phi) is 24.1. The van der Waals surface area contributed by atoms with E-state index >= 15 is 0 Å². The van der Waals surface area contributed by atoms with E-state index in [9.17, 15) is 0 Å². The first-order valence-corrected chi connectivity index (χ1v) is 7.23. The van der Waals surface area contributed by atoms with Crippen molar-refractivity contribution in [3.63, 3.8) is 0 Å². The van der Waals surface area contributed by atoms with Crippen LogP contribution in [0.5, 0.6) is 0 Å². The molecule has 0 aromatic heterocycles. The third-order valence-electron chi connectivity index (χ3n) is 2.78. The van der Waals surface area contributed by atoms with Gasteiger partial charge in [0.2, 0.25) is 0 Å². The summed E-state index contributed by atoms with van der Waals surface area (Å²) in [6.45, 7) is 14.3. The summed E-state index contributed by atoms with van der Waals surface area (Å²) in [6, 6.07) is 16.3. The van der Waals surface area contributed by atoms with Gasteiger partial charge >= 0.3 is 0 Å². The maximum atomic E-state index is 3.41. The van der Waals surface area contributed by atoms with Crippen molar-refractivity contribution in [2.24, 2.45) is 0 Å². The zero-order valence-electron chi connectivity index (χ0n) is 15.4. The van der Waals surface area contributed by atoms with Gasteiger partial charge in [0.25, 0.3) is 0 Å². The van der Waals surface area contributed by atoms with Crippen LogP contribution in [0.15, 0.2) is 36.4 Å². The van der Waals surface area contributed by atoms with E-state index < -0.39 is 0 Å². The van der Waals surface area contributed by atoms with Crippen molar-refractivity contribution in [2.75, 3.05) is 0 Å². The first-order valence-electron chi connectivity index (χ1n) is 7.23. The molecule has 0 saturated heterocycles. The molecular weight excluding hydrogens is 513 g/mol. The predicted octanol–water partition coefficient (Wildman–Crippen LogP) is 6.58. The van der Waals surface area contributed by atoms with Gasteiger partial charge in [-0.25, -0.2) is 0 Å². The minimum atomic E-state index is 0. The van der Waals surface area contributed by atoms with Crippen molar-refractivity contribution in [3.05, 3.63) is 66.6 Å². The van der Waals surface area contributed by atoms with Gasteiger partial charge in [0.1, 0.15) is 0 Å². The van der Waals surface area contributed by atoms with Crippen LogP contribution in [0.4, 0.5) is 0 Å². The number of aryl methyl sites for hydroxylation is 3. The quantitative estimate of drug-likeness (QED) is 0.357. The Morgan fingerprint density at radius 2 is 1.18 bits per heavy atom. The second-order valence-electron chi connectivity index (χ2n) is 4.05. The molecular formula is C20H30WY-2. The van der Waals surface area contributed by atoms with Crippen molar-refractivity contribution < 1.29 is 53.8 Å². The van der Waals surface area contributed by atoms with Crippen LogP contribution >= 0.6 is 0 Å². The third kappa shape index (κ3) is 10.1. The Labute approximate surface area is 178 Å². The van der Waals surface area contributed by atoms with Gasteiger partial charge in [0.15, 0.2) is 0 Å². The third-order valence-corrected chi connectivity index (χ3v) is 2.78. The van der Waals surface area contributed by atoms with Gasteiger partial charge in [-0.1, -0.05) is 76.9 Å². The fraction of sp³-hybridized carbons (Fsp3) is 0.350. The molecule has 0 aliphatic heterocycles. The van der Waals surface area contributed by atoms with E-state index in [1.807, 2.05) is 27.7 Å². The first kappa shape index (κ1) is 30.2. The molecule has 2 rings (SSSR count). The molecule has 0 saturated carbocycles. The molecule has 2 aromatic rings. The number of rotatable bonds is 1. The van der Waals surface area contributed by atoms with E-state index in [0.29, 0.717) is 0 Å². The van der Waals surface area contributed by atoms with Crippen LogP contribution in [-0.2, 0) is 53.8 Å². The topological polar surface area (TPSA) is 0 Å². The zero-order chi connectivity index (χ0) is 14.8. The van der Waals surface area contributed by atoms with Crippen LogP contribution in [-0.4, -0.2) is 0 Å². The Morgan fingerprint density at radius 1 is 0.727 bits per heavy atom.